The molecule has 3 unspecified atom stereocenters. The number of fused-ring (bicyclic) bond motifs is 1. The van der Waals surface area contributed by atoms with Gasteiger partial charge in [-0.3, -0.25) is 9.69 Å². The van der Waals surface area contributed by atoms with Crippen LogP contribution in [0.2, 0.25) is 0 Å². The van der Waals surface area contributed by atoms with E-state index in [1.165, 1.54) is 32.8 Å². The van der Waals surface area contributed by atoms with Crippen LogP contribution in [0.1, 0.15) is 37.7 Å². The van der Waals surface area contributed by atoms with Crippen molar-refractivity contribution in [3.05, 3.63) is 29.6 Å². The Bertz CT molecular complexity index is 661. The van der Waals surface area contributed by atoms with Crippen LogP contribution in [0.25, 0.3) is 0 Å². The minimum absolute atomic E-state index is 0.0142. The molecule has 0 radical (unpaired) electrons. The van der Waals surface area contributed by atoms with Gasteiger partial charge in [0.05, 0.1) is 13.2 Å². The summed E-state index contributed by atoms with van der Waals surface area (Å²) in [5.41, 5.74) is 0.939. The van der Waals surface area contributed by atoms with Crippen LogP contribution in [0, 0.1) is 11.7 Å². The van der Waals surface area contributed by atoms with E-state index >= 15 is 0 Å². The number of halogens is 1. The van der Waals surface area contributed by atoms with Crippen LogP contribution in [0.4, 0.5) is 4.39 Å². The van der Waals surface area contributed by atoms with Gasteiger partial charge >= 0.3 is 0 Å². The molecule has 1 aliphatic carbocycles. The van der Waals surface area contributed by atoms with Gasteiger partial charge in [-0.2, -0.15) is 0 Å². The Morgan fingerprint density at radius 3 is 2.70 bits per heavy atom. The van der Waals surface area contributed by atoms with Gasteiger partial charge in [-0.05, 0) is 42.9 Å². The normalized spacial score (nSPS) is 28.8. The van der Waals surface area contributed by atoms with E-state index in [1.54, 1.807) is 12.1 Å². The fourth-order valence-electron chi connectivity index (χ4n) is 4.92. The number of ether oxygens (including phenoxy) is 1. The predicted molar refractivity (Wildman–Crippen MR) is 102 cm³/mol. The van der Waals surface area contributed by atoms with Crippen molar-refractivity contribution in [2.75, 3.05) is 33.3 Å². The molecule has 1 amide bonds. The summed E-state index contributed by atoms with van der Waals surface area (Å²) in [6.07, 6.45) is 6.11. The zero-order chi connectivity index (χ0) is 18.8. The van der Waals surface area contributed by atoms with Gasteiger partial charge in [0.2, 0.25) is 5.91 Å². The third-order valence-corrected chi connectivity index (χ3v) is 6.47. The number of hydrogen-bond acceptors (Lipinski definition) is 4. The number of nitrogens with zero attached hydrogens (tertiary/aromatic N) is 2. The molecule has 148 valence electrons. The molecule has 2 aliphatic heterocycles. The highest BCUT2D eigenvalue weighted by molar-refractivity contribution is 5.82. The second kappa shape index (κ2) is 8.15. The maximum atomic E-state index is 13.9. The maximum absolute atomic E-state index is 13.9. The molecule has 3 fully saturated rings. The quantitative estimate of drug-likeness (QED) is 0.878. The molecule has 2 saturated heterocycles. The van der Waals surface area contributed by atoms with Gasteiger partial charge < -0.3 is 15.0 Å². The summed E-state index contributed by atoms with van der Waals surface area (Å²) < 4.78 is 18.8. The first-order chi connectivity index (χ1) is 13.1. The average molecular weight is 375 g/mol. The first-order valence-electron chi connectivity index (χ1n) is 10.2. The number of carbonyl (C=O) groups excluding carboxylic acids is 1. The summed E-state index contributed by atoms with van der Waals surface area (Å²) in [5, 5.41) is 3.60. The van der Waals surface area contributed by atoms with Crippen LogP contribution >= 0.6 is 0 Å². The minimum atomic E-state index is -0.322. The zero-order valence-corrected chi connectivity index (χ0v) is 16.1. The molecule has 2 heterocycles. The Morgan fingerprint density at radius 2 is 2.00 bits per heavy atom. The summed E-state index contributed by atoms with van der Waals surface area (Å²) >= 11 is 0. The molecule has 3 aliphatic rings. The lowest BCUT2D eigenvalue weighted by molar-refractivity contribution is -0.135. The molecule has 4 rings (SSSR count). The highest BCUT2D eigenvalue weighted by Crippen LogP contribution is 2.33. The zero-order valence-electron chi connectivity index (χ0n) is 16.1. The Labute approximate surface area is 160 Å². The Hall–Kier alpha value is -1.66. The van der Waals surface area contributed by atoms with E-state index in [9.17, 15) is 9.18 Å². The van der Waals surface area contributed by atoms with Gasteiger partial charge in [-0.15, -0.1) is 0 Å². The molecule has 0 bridgehead atoms. The van der Waals surface area contributed by atoms with E-state index in [1.807, 2.05) is 11.0 Å². The van der Waals surface area contributed by atoms with Gasteiger partial charge in [0.1, 0.15) is 0 Å². The van der Waals surface area contributed by atoms with Crippen LogP contribution < -0.4 is 10.1 Å². The monoisotopic (exact) mass is 375 g/mol. The van der Waals surface area contributed by atoms with Gasteiger partial charge in [0.25, 0.3) is 0 Å². The molecular formula is C21H30FN3O2. The molecule has 6 heteroatoms. The average Bonchev–Trinajstić information content (AvgIpc) is 3.12. The van der Waals surface area contributed by atoms with Crippen LogP contribution in [0.15, 0.2) is 18.2 Å². The summed E-state index contributed by atoms with van der Waals surface area (Å²) in [4.78, 5) is 17.2. The van der Waals surface area contributed by atoms with Crippen molar-refractivity contribution < 1.29 is 13.9 Å². The number of piperazine rings is 1. The molecule has 1 aromatic rings. The van der Waals surface area contributed by atoms with Crippen molar-refractivity contribution in [3.8, 4) is 5.75 Å². The number of hydrogen-bond donors (Lipinski definition) is 1. The smallest absolute Gasteiger partial charge is 0.239 e. The Kier molecular flexibility index (Phi) is 5.64. The van der Waals surface area contributed by atoms with Crippen LogP contribution in [-0.4, -0.2) is 61.1 Å². The van der Waals surface area contributed by atoms with Crippen molar-refractivity contribution >= 4 is 5.91 Å². The number of amides is 1. The number of rotatable bonds is 4. The molecule has 1 N–H and O–H groups in total. The van der Waals surface area contributed by atoms with E-state index in [4.69, 9.17) is 4.74 Å². The number of benzene rings is 1. The fourth-order valence-corrected chi connectivity index (χ4v) is 4.92. The molecule has 27 heavy (non-hydrogen) atoms. The summed E-state index contributed by atoms with van der Waals surface area (Å²) in [7, 11) is 1.47. The van der Waals surface area contributed by atoms with Gasteiger partial charge in [0, 0.05) is 38.8 Å². The van der Waals surface area contributed by atoms with E-state index < -0.39 is 0 Å². The van der Waals surface area contributed by atoms with E-state index in [-0.39, 0.29) is 23.5 Å². The molecule has 3 atom stereocenters. The van der Waals surface area contributed by atoms with Crippen LogP contribution in [0.3, 0.4) is 0 Å². The van der Waals surface area contributed by atoms with Gasteiger partial charge in [-0.1, -0.05) is 18.9 Å². The highest BCUT2D eigenvalue weighted by atomic mass is 19.1. The SMILES string of the molecule is COc1ccc(CN2CCN(C(=O)C3CC4CCCCC4N3)CC2)cc1F. The van der Waals surface area contributed by atoms with Crippen molar-refractivity contribution in [2.45, 2.75) is 50.7 Å². The lowest BCUT2D eigenvalue weighted by atomic mass is 9.85. The minimum Gasteiger partial charge on any atom is -0.494 e. The third kappa shape index (κ3) is 4.11. The molecule has 5 nitrogen and oxygen atoms in total. The predicted octanol–water partition coefficient (Wildman–Crippen LogP) is 2.40. The molecule has 0 aromatic heterocycles. The lowest BCUT2D eigenvalue weighted by Crippen LogP contribution is -2.53. The van der Waals surface area contributed by atoms with E-state index in [2.05, 4.69) is 10.2 Å². The second-order valence-electron chi connectivity index (χ2n) is 8.18. The molecular weight excluding hydrogens is 345 g/mol. The van der Waals surface area contributed by atoms with Crippen molar-refractivity contribution in [2.24, 2.45) is 5.92 Å². The first-order valence-corrected chi connectivity index (χ1v) is 10.2. The Balaban J connectivity index is 1.27. The van der Waals surface area contributed by atoms with Crippen LogP contribution in [-0.2, 0) is 11.3 Å². The summed E-state index contributed by atoms with van der Waals surface area (Å²) in [5.74, 6) is 0.926. The fraction of sp³-hybridized carbons (Fsp3) is 0.667. The topological polar surface area (TPSA) is 44.8 Å². The third-order valence-electron chi connectivity index (χ3n) is 6.47. The largest absolute Gasteiger partial charge is 0.494 e. The van der Waals surface area contributed by atoms with Crippen molar-refractivity contribution in [3.63, 3.8) is 0 Å². The highest BCUT2D eigenvalue weighted by Gasteiger charge is 2.40. The summed E-state index contributed by atoms with van der Waals surface area (Å²) in [6, 6.07) is 5.69. The lowest BCUT2D eigenvalue weighted by Gasteiger charge is -2.36. The number of carbonyl (C=O) groups is 1. The van der Waals surface area contributed by atoms with Gasteiger partial charge in [0.15, 0.2) is 11.6 Å². The molecule has 0 spiro atoms. The molecule has 1 saturated carbocycles. The number of nitrogens with one attached hydrogen (secondary N) is 1. The maximum Gasteiger partial charge on any atom is 0.239 e. The van der Waals surface area contributed by atoms with Crippen molar-refractivity contribution in [1.29, 1.82) is 0 Å². The van der Waals surface area contributed by atoms with Crippen LogP contribution in [0.5, 0.6) is 5.75 Å². The second-order valence-corrected chi connectivity index (χ2v) is 8.18. The standard InChI is InChI=1S/C21H30FN3O2/c1-27-20-7-6-15(12-17(20)22)14-24-8-10-25(11-9-24)21(26)19-13-16-4-2-3-5-18(16)23-19/h6-7,12,16,18-19,23H,2-5,8-11,13-14H2,1H3. The van der Waals surface area contributed by atoms with E-state index in [0.29, 0.717) is 18.5 Å². The van der Waals surface area contributed by atoms with E-state index in [0.717, 1.165) is 38.2 Å². The summed E-state index contributed by atoms with van der Waals surface area (Å²) in [6.45, 7) is 3.88. The Morgan fingerprint density at radius 1 is 1.22 bits per heavy atom. The first kappa shape index (κ1) is 18.7. The molecule has 1 aromatic carbocycles. The van der Waals surface area contributed by atoms with Crippen molar-refractivity contribution in [1.82, 2.24) is 15.1 Å². The van der Waals surface area contributed by atoms with Gasteiger partial charge in [-0.25, -0.2) is 4.39 Å². The number of methoxy groups -OCH3 is 1.